The van der Waals surface area contributed by atoms with Gasteiger partial charge in [-0.1, -0.05) is 0 Å². The van der Waals surface area contributed by atoms with Crippen molar-refractivity contribution < 1.29 is 18.3 Å². The Morgan fingerprint density at radius 1 is 1.50 bits per heavy atom. The maximum Gasteiger partial charge on any atom is 0.303 e. The molecule has 1 rings (SSSR count). The number of nitriles is 1. The maximum atomic E-state index is 11.5. The second kappa shape index (κ2) is 4.80. The summed E-state index contributed by atoms with van der Waals surface area (Å²) in [6, 6.07) is 2.00. The minimum atomic E-state index is -3.45. The monoisotopic (exact) mass is 246 g/mol. The molecular weight excluding hydrogens is 232 g/mol. The second-order valence-electron chi connectivity index (χ2n) is 4.04. The highest BCUT2D eigenvalue weighted by Crippen LogP contribution is 2.45. The van der Waals surface area contributed by atoms with Crippen molar-refractivity contribution in [3.8, 4) is 6.07 Å². The van der Waals surface area contributed by atoms with Gasteiger partial charge in [-0.2, -0.15) is 5.26 Å². The molecule has 1 fully saturated rings. The number of carbonyl (C=O) groups is 1. The van der Waals surface area contributed by atoms with Crippen LogP contribution in [0.3, 0.4) is 0 Å². The van der Waals surface area contributed by atoms with Gasteiger partial charge in [0.1, 0.15) is 0 Å². The summed E-state index contributed by atoms with van der Waals surface area (Å²) < 4.78 is 25.3. The standard InChI is InChI=1S/C9H14N2O4S/c10-6-9(3-4-9)7-16(14,15)11-5-1-2-8(12)13/h11H,1-5,7H2,(H,12,13). The van der Waals surface area contributed by atoms with Crippen molar-refractivity contribution >= 4 is 16.0 Å². The first-order valence-corrected chi connectivity index (χ1v) is 6.65. The molecule has 0 saturated heterocycles. The van der Waals surface area contributed by atoms with Gasteiger partial charge >= 0.3 is 5.97 Å². The Balaban J connectivity index is 2.30. The lowest BCUT2D eigenvalue weighted by Crippen LogP contribution is -2.31. The highest BCUT2D eigenvalue weighted by Gasteiger charge is 2.46. The van der Waals surface area contributed by atoms with Gasteiger partial charge in [-0.3, -0.25) is 4.79 Å². The average molecular weight is 246 g/mol. The SMILES string of the molecule is N#CC1(CS(=O)(=O)NCCCC(=O)O)CC1. The number of nitrogens with one attached hydrogen (secondary N) is 1. The number of rotatable bonds is 7. The van der Waals surface area contributed by atoms with Crippen LogP contribution in [0.25, 0.3) is 0 Å². The third-order valence-corrected chi connectivity index (χ3v) is 4.02. The smallest absolute Gasteiger partial charge is 0.303 e. The molecule has 7 heteroatoms. The summed E-state index contributed by atoms with van der Waals surface area (Å²) in [5.74, 6) is -1.13. The molecular formula is C9H14N2O4S. The van der Waals surface area contributed by atoms with Gasteiger partial charge in [0.15, 0.2) is 0 Å². The predicted molar refractivity (Wildman–Crippen MR) is 55.9 cm³/mol. The molecule has 0 bridgehead atoms. The van der Waals surface area contributed by atoms with Crippen molar-refractivity contribution in [3.05, 3.63) is 0 Å². The molecule has 0 aliphatic heterocycles. The van der Waals surface area contributed by atoms with Crippen LogP contribution < -0.4 is 4.72 Å². The molecule has 0 amide bonds. The van der Waals surface area contributed by atoms with Crippen molar-refractivity contribution in [2.75, 3.05) is 12.3 Å². The van der Waals surface area contributed by atoms with Gasteiger partial charge < -0.3 is 5.11 Å². The lowest BCUT2D eigenvalue weighted by atomic mass is 10.2. The Bertz CT molecular complexity index is 406. The van der Waals surface area contributed by atoms with E-state index in [1.54, 1.807) is 0 Å². The van der Waals surface area contributed by atoms with Gasteiger partial charge in [0, 0.05) is 13.0 Å². The Morgan fingerprint density at radius 3 is 2.56 bits per heavy atom. The summed E-state index contributed by atoms with van der Waals surface area (Å²) in [4.78, 5) is 10.2. The van der Waals surface area contributed by atoms with E-state index in [4.69, 9.17) is 10.4 Å². The molecule has 0 unspecified atom stereocenters. The summed E-state index contributed by atoms with van der Waals surface area (Å²) in [5, 5.41) is 17.1. The van der Waals surface area contributed by atoms with Crippen molar-refractivity contribution in [2.24, 2.45) is 5.41 Å². The fourth-order valence-corrected chi connectivity index (χ4v) is 2.96. The van der Waals surface area contributed by atoms with Gasteiger partial charge in [0.05, 0.1) is 17.2 Å². The summed E-state index contributed by atoms with van der Waals surface area (Å²) in [6.07, 6.45) is 1.44. The zero-order chi connectivity index (χ0) is 12.2. The van der Waals surface area contributed by atoms with E-state index < -0.39 is 21.4 Å². The van der Waals surface area contributed by atoms with Gasteiger partial charge in [-0.25, -0.2) is 13.1 Å². The van der Waals surface area contributed by atoms with E-state index in [-0.39, 0.29) is 25.1 Å². The zero-order valence-corrected chi connectivity index (χ0v) is 9.59. The van der Waals surface area contributed by atoms with Crippen LogP contribution in [0.1, 0.15) is 25.7 Å². The molecule has 0 spiro atoms. The normalized spacial score (nSPS) is 17.7. The molecule has 0 aromatic heterocycles. The van der Waals surface area contributed by atoms with E-state index in [0.29, 0.717) is 12.8 Å². The minimum Gasteiger partial charge on any atom is -0.481 e. The summed E-state index contributed by atoms with van der Waals surface area (Å²) in [7, 11) is -3.45. The molecule has 0 aromatic rings. The highest BCUT2D eigenvalue weighted by atomic mass is 32.2. The van der Waals surface area contributed by atoms with E-state index in [9.17, 15) is 13.2 Å². The molecule has 1 aliphatic rings. The van der Waals surface area contributed by atoms with Crippen LogP contribution in [0.4, 0.5) is 0 Å². The summed E-state index contributed by atoms with van der Waals surface area (Å²) in [5.41, 5.74) is -0.696. The van der Waals surface area contributed by atoms with Crippen molar-refractivity contribution in [2.45, 2.75) is 25.7 Å². The van der Waals surface area contributed by atoms with Crippen molar-refractivity contribution in [1.82, 2.24) is 4.72 Å². The third-order valence-electron chi connectivity index (χ3n) is 2.45. The second-order valence-corrected chi connectivity index (χ2v) is 5.85. The third kappa shape index (κ3) is 4.16. The summed E-state index contributed by atoms with van der Waals surface area (Å²) in [6.45, 7) is 0.107. The van der Waals surface area contributed by atoms with Gasteiger partial charge in [-0.05, 0) is 19.3 Å². The van der Waals surface area contributed by atoms with Crippen molar-refractivity contribution in [3.63, 3.8) is 0 Å². The molecule has 0 aromatic carbocycles. The lowest BCUT2D eigenvalue weighted by Gasteiger charge is -2.08. The van der Waals surface area contributed by atoms with Gasteiger partial charge in [0.2, 0.25) is 10.0 Å². The van der Waals surface area contributed by atoms with Gasteiger partial charge in [0.25, 0.3) is 0 Å². The average Bonchev–Trinajstić information content (AvgIpc) is 2.92. The summed E-state index contributed by atoms with van der Waals surface area (Å²) >= 11 is 0. The molecule has 6 nitrogen and oxygen atoms in total. The molecule has 1 aliphatic carbocycles. The lowest BCUT2D eigenvalue weighted by molar-refractivity contribution is -0.137. The van der Waals surface area contributed by atoms with Crippen LogP contribution in [0.2, 0.25) is 0 Å². The van der Waals surface area contributed by atoms with Crippen LogP contribution in [0, 0.1) is 16.7 Å². The first kappa shape index (κ1) is 12.9. The molecule has 0 radical (unpaired) electrons. The number of aliphatic carboxylic acids is 1. The van der Waals surface area contributed by atoms with E-state index >= 15 is 0 Å². The Labute approximate surface area is 94.3 Å². The number of hydrogen-bond donors (Lipinski definition) is 2. The number of hydrogen-bond acceptors (Lipinski definition) is 4. The number of nitrogens with zero attached hydrogens (tertiary/aromatic N) is 1. The molecule has 2 N–H and O–H groups in total. The first-order chi connectivity index (χ1) is 7.39. The minimum absolute atomic E-state index is 0.0636. The van der Waals surface area contributed by atoms with Crippen molar-refractivity contribution in [1.29, 1.82) is 5.26 Å². The van der Waals surface area contributed by atoms with E-state index in [1.165, 1.54) is 0 Å². The van der Waals surface area contributed by atoms with Crippen LogP contribution >= 0.6 is 0 Å². The molecule has 16 heavy (non-hydrogen) atoms. The van der Waals surface area contributed by atoms with Crippen LogP contribution in [0.5, 0.6) is 0 Å². The fourth-order valence-electron chi connectivity index (χ4n) is 1.32. The van der Waals surface area contributed by atoms with Crippen LogP contribution in [-0.2, 0) is 14.8 Å². The Morgan fingerprint density at radius 2 is 2.12 bits per heavy atom. The maximum absolute atomic E-state index is 11.5. The Kier molecular flexibility index (Phi) is 3.88. The molecule has 1 saturated carbocycles. The molecule has 90 valence electrons. The van der Waals surface area contributed by atoms with Crippen LogP contribution in [-0.4, -0.2) is 31.8 Å². The number of carboxylic acids is 1. The first-order valence-electron chi connectivity index (χ1n) is 5.00. The zero-order valence-electron chi connectivity index (χ0n) is 8.77. The largest absolute Gasteiger partial charge is 0.481 e. The number of carboxylic acid groups (broad SMARTS) is 1. The van der Waals surface area contributed by atoms with E-state index in [1.807, 2.05) is 6.07 Å². The van der Waals surface area contributed by atoms with E-state index in [2.05, 4.69) is 4.72 Å². The fraction of sp³-hybridized carbons (Fsp3) is 0.778. The van der Waals surface area contributed by atoms with Crippen LogP contribution in [0.15, 0.2) is 0 Å². The Hall–Kier alpha value is -1.13. The molecule has 0 heterocycles. The highest BCUT2D eigenvalue weighted by molar-refractivity contribution is 7.89. The predicted octanol–water partition coefficient (Wildman–Crippen LogP) is 0.0744. The van der Waals surface area contributed by atoms with E-state index in [0.717, 1.165) is 0 Å². The number of sulfonamides is 1. The van der Waals surface area contributed by atoms with Gasteiger partial charge in [-0.15, -0.1) is 0 Å². The topological polar surface area (TPSA) is 107 Å². The quantitative estimate of drug-likeness (QED) is 0.618. The molecule has 0 atom stereocenters.